The molecule has 90 valence electrons. The van der Waals surface area contributed by atoms with Crippen LogP contribution in [0.1, 0.15) is 17.5 Å². The molecular weight excluding hydrogens is 248 g/mol. The largest absolute Gasteiger partial charge is 0.380 e. The van der Waals surface area contributed by atoms with Crippen molar-refractivity contribution in [2.45, 2.75) is 25.3 Å². The van der Waals surface area contributed by atoms with Gasteiger partial charge >= 0.3 is 0 Å². The number of hydrogen-bond acceptors (Lipinski definition) is 4. The summed E-state index contributed by atoms with van der Waals surface area (Å²) in [6.07, 6.45) is 0. The molecule has 0 amide bonds. The van der Waals surface area contributed by atoms with Crippen molar-refractivity contribution in [1.82, 2.24) is 4.98 Å². The van der Waals surface area contributed by atoms with E-state index in [9.17, 15) is 0 Å². The number of thiazole rings is 1. The highest BCUT2D eigenvalue weighted by Gasteiger charge is 2.01. The molecule has 0 radical (unpaired) electrons. The number of hydrogen-bond donors (Lipinski definition) is 1. The van der Waals surface area contributed by atoms with Gasteiger partial charge in [-0.1, -0.05) is 13.0 Å². The van der Waals surface area contributed by atoms with Crippen LogP contribution in [0.15, 0.2) is 34.7 Å². The molecule has 0 spiro atoms. The third-order valence-electron chi connectivity index (χ3n) is 2.44. The highest BCUT2D eigenvalue weighted by Crippen LogP contribution is 2.22. The maximum Gasteiger partial charge on any atom is 0.0798 e. The molecule has 0 aliphatic heterocycles. The summed E-state index contributed by atoms with van der Waals surface area (Å²) < 4.78 is 0. The highest BCUT2D eigenvalue weighted by molar-refractivity contribution is 7.99. The van der Waals surface area contributed by atoms with Gasteiger partial charge < -0.3 is 5.32 Å². The first-order valence-corrected chi connectivity index (χ1v) is 7.52. The molecule has 1 aromatic carbocycles. The molecule has 2 aromatic rings. The average molecular weight is 264 g/mol. The molecule has 2 rings (SSSR count). The number of aromatic nitrogens is 1. The van der Waals surface area contributed by atoms with E-state index in [1.807, 2.05) is 17.3 Å². The SMILES string of the molecule is CCSc1cccc(NCc2scnc2C)c1. The van der Waals surface area contributed by atoms with Crippen molar-refractivity contribution < 1.29 is 0 Å². The summed E-state index contributed by atoms with van der Waals surface area (Å²) >= 11 is 3.57. The van der Waals surface area contributed by atoms with Crippen molar-refractivity contribution in [2.24, 2.45) is 0 Å². The summed E-state index contributed by atoms with van der Waals surface area (Å²) in [6, 6.07) is 8.55. The summed E-state index contributed by atoms with van der Waals surface area (Å²) in [5.74, 6) is 1.11. The lowest BCUT2D eigenvalue weighted by Gasteiger charge is -2.07. The molecule has 0 saturated heterocycles. The number of benzene rings is 1. The third-order valence-corrected chi connectivity index (χ3v) is 4.25. The van der Waals surface area contributed by atoms with Crippen molar-refractivity contribution in [3.8, 4) is 0 Å². The topological polar surface area (TPSA) is 24.9 Å². The highest BCUT2D eigenvalue weighted by atomic mass is 32.2. The third kappa shape index (κ3) is 3.48. The molecule has 4 heteroatoms. The number of aryl methyl sites for hydroxylation is 1. The maximum atomic E-state index is 4.25. The van der Waals surface area contributed by atoms with Crippen molar-refractivity contribution >= 4 is 28.8 Å². The van der Waals surface area contributed by atoms with Gasteiger partial charge in [0.05, 0.1) is 17.7 Å². The van der Waals surface area contributed by atoms with Crippen molar-refractivity contribution in [3.63, 3.8) is 0 Å². The van der Waals surface area contributed by atoms with Crippen LogP contribution >= 0.6 is 23.1 Å². The first kappa shape index (κ1) is 12.5. The normalized spacial score (nSPS) is 10.5. The maximum absolute atomic E-state index is 4.25. The van der Waals surface area contributed by atoms with Crippen LogP contribution in [0.25, 0.3) is 0 Å². The number of rotatable bonds is 5. The molecule has 1 heterocycles. The Bertz CT molecular complexity index is 480. The van der Waals surface area contributed by atoms with Crippen LogP contribution in [0.5, 0.6) is 0 Å². The van der Waals surface area contributed by atoms with Crippen molar-refractivity contribution in [2.75, 3.05) is 11.1 Å². The van der Waals surface area contributed by atoms with Gasteiger partial charge in [0.15, 0.2) is 0 Å². The van der Waals surface area contributed by atoms with Gasteiger partial charge in [-0.25, -0.2) is 4.98 Å². The van der Waals surface area contributed by atoms with E-state index < -0.39 is 0 Å². The Morgan fingerprint density at radius 2 is 2.29 bits per heavy atom. The first-order valence-electron chi connectivity index (χ1n) is 5.65. The van der Waals surface area contributed by atoms with Crippen molar-refractivity contribution in [3.05, 3.63) is 40.3 Å². The van der Waals surface area contributed by atoms with Crippen LogP contribution in [-0.2, 0) is 6.54 Å². The van der Waals surface area contributed by atoms with E-state index in [-0.39, 0.29) is 0 Å². The van der Waals surface area contributed by atoms with Gasteiger partial charge in [-0.2, -0.15) is 0 Å². The minimum atomic E-state index is 0.858. The molecule has 0 fully saturated rings. The summed E-state index contributed by atoms with van der Waals surface area (Å²) in [6.45, 7) is 5.08. The summed E-state index contributed by atoms with van der Waals surface area (Å²) in [7, 11) is 0. The second-order valence-corrected chi connectivity index (χ2v) is 5.95. The fraction of sp³-hybridized carbons (Fsp3) is 0.308. The van der Waals surface area contributed by atoms with Gasteiger partial charge in [-0.05, 0) is 30.9 Å². The summed E-state index contributed by atoms with van der Waals surface area (Å²) in [5.41, 5.74) is 4.20. The second kappa shape index (κ2) is 6.07. The van der Waals surface area contributed by atoms with E-state index >= 15 is 0 Å². The van der Waals surface area contributed by atoms with Gasteiger partial charge in [0, 0.05) is 15.5 Å². The molecule has 0 aliphatic rings. The van der Waals surface area contributed by atoms with Gasteiger partial charge in [0.25, 0.3) is 0 Å². The van der Waals surface area contributed by atoms with E-state index in [0.29, 0.717) is 0 Å². The van der Waals surface area contributed by atoms with E-state index in [1.165, 1.54) is 15.5 Å². The zero-order chi connectivity index (χ0) is 12.1. The number of thioether (sulfide) groups is 1. The van der Waals surface area contributed by atoms with Crippen LogP contribution in [0.4, 0.5) is 5.69 Å². The fourth-order valence-corrected chi connectivity index (χ4v) is 2.98. The average Bonchev–Trinajstić information content (AvgIpc) is 2.73. The van der Waals surface area contributed by atoms with Crippen LogP contribution in [0.2, 0.25) is 0 Å². The molecule has 0 bridgehead atoms. The number of nitrogens with one attached hydrogen (secondary N) is 1. The minimum Gasteiger partial charge on any atom is -0.380 e. The summed E-state index contributed by atoms with van der Waals surface area (Å²) in [4.78, 5) is 6.87. The van der Waals surface area contributed by atoms with E-state index in [2.05, 4.69) is 48.4 Å². The smallest absolute Gasteiger partial charge is 0.0798 e. The predicted molar refractivity (Wildman–Crippen MR) is 77.0 cm³/mol. The lowest BCUT2D eigenvalue weighted by Crippen LogP contribution is -1.98. The van der Waals surface area contributed by atoms with Crippen molar-refractivity contribution in [1.29, 1.82) is 0 Å². The molecule has 0 unspecified atom stereocenters. The predicted octanol–water partition coefficient (Wildman–Crippen LogP) is 4.18. The van der Waals surface area contributed by atoms with Gasteiger partial charge in [0.2, 0.25) is 0 Å². The molecular formula is C13H16N2S2. The monoisotopic (exact) mass is 264 g/mol. The van der Waals surface area contributed by atoms with Crippen LogP contribution in [-0.4, -0.2) is 10.7 Å². The Morgan fingerprint density at radius 1 is 1.41 bits per heavy atom. The van der Waals surface area contributed by atoms with Gasteiger partial charge in [-0.3, -0.25) is 0 Å². The lowest BCUT2D eigenvalue weighted by atomic mass is 10.3. The molecule has 0 saturated carbocycles. The van der Waals surface area contributed by atoms with Crippen LogP contribution < -0.4 is 5.32 Å². The molecule has 17 heavy (non-hydrogen) atoms. The molecule has 0 atom stereocenters. The van der Waals surface area contributed by atoms with Crippen LogP contribution in [0, 0.1) is 6.92 Å². The standard InChI is InChI=1S/C13H16N2S2/c1-3-16-12-6-4-5-11(7-12)14-8-13-10(2)15-9-17-13/h4-7,9,14H,3,8H2,1-2H3. The Kier molecular flexibility index (Phi) is 4.45. The molecule has 1 aromatic heterocycles. The minimum absolute atomic E-state index is 0.858. The van der Waals surface area contributed by atoms with E-state index in [1.54, 1.807) is 11.3 Å². The summed E-state index contributed by atoms with van der Waals surface area (Å²) in [5, 5.41) is 3.44. The van der Waals surface area contributed by atoms with E-state index in [0.717, 1.165) is 18.0 Å². The second-order valence-electron chi connectivity index (χ2n) is 3.68. The Labute approximate surface area is 110 Å². The van der Waals surface area contributed by atoms with Crippen LogP contribution in [0.3, 0.4) is 0 Å². The Morgan fingerprint density at radius 3 is 3.00 bits per heavy atom. The van der Waals surface area contributed by atoms with Gasteiger partial charge in [-0.15, -0.1) is 23.1 Å². The Hall–Kier alpha value is -1.00. The zero-order valence-corrected chi connectivity index (χ0v) is 11.7. The molecule has 2 nitrogen and oxygen atoms in total. The fourth-order valence-electron chi connectivity index (χ4n) is 1.54. The Balaban J connectivity index is 1.99. The first-order chi connectivity index (χ1) is 8.29. The quantitative estimate of drug-likeness (QED) is 0.820. The van der Waals surface area contributed by atoms with E-state index in [4.69, 9.17) is 0 Å². The zero-order valence-electron chi connectivity index (χ0n) is 10.1. The number of anilines is 1. The van der Waals surface area contributed by atoms with Gasteiger partial charge in [0.1, 0.15) is 0 Å². The molecule has 0 aliphatic carbocycles. The lowest BCUT2D eigenvalue weighted by molar-refractivity contribution is 1.12. The number of nitrogens with zero attached hydrogens (tertiary/aromatic N) is 1. The molecule has 1 N–H and O–H groups in total.